The SMILES string of the molecule is CC(C(=O)NC(=O)NC(C)(C)C)N1C[C@@H](C(F)(F)F)[C@H](C(=O)O)C1. The molecule has 3 atom stereocenters. The summed E-state index contributed by atoms with van der Waals surface area (Å²) in [4.78, 5) is 35.8. The Morgan fingerprint density at radius 1 is 1.17 bits per heavy atom. The summed E-state index contributed by atoms with van der Waals surface area (Å²) < 4.78 is 38.9. The molecule has 1 saturated heterocycles. The molecule has 1 fully saturated rings. The maximum absolute atomic E-state index is 13.0. The van der Waals surface area contributed by atoms with Gasteiger partial charge in [0.25, 0.3) is 0 Å². The lowest BCUT2D eigenvalue weighted by atomic mass is 9.96. The number of urea groups is 1. The minimum Gasteiger partial charge on any atom is -0.481 e. The number of carbonyl (C=O) groups excluding carboxylic acids is 2. The molecular formula is C14H22F3N3O4. The van der Waals surface area contributed by atoms with Gasteiger partial charge in [0.1, 0.15) is 0 Å². The van der Waals surface area contributed by atoms with Gasteiger partial charge in [-0.05, 0) is 27.7 Å². The van der Waals surface area contributed by atoms with Gasteiger partial charge >= 0.3 is 18.2 Å². The van der Waals surface area contributed by atoms with Gasteiger partial charge in [-0.25, -0.2) is 4.79 Å². The van der Waals surface area contributed by atoms with Gasteiger partial charge in [0, 0.05) is 18.6 Å². The highest BCUT2D eigenvalue weighted by atomic mass is 19.4. The summed E-state index contributed by atoms with van der Waals surface area (Å²) in [6.45, 7) is 5.42. The molecule has 138 valence electrons. The van der Waals surface area contributed by atoms with Gasteiger partial charge in [-0.1, -0.05) is 0 Å². The van der Waals surface area contributed by atoms with E-state index in [0.717, 1.165) is 4.90 Å². The average Bonchev–Trinajstić information content (AvgIpc) is 2.79. The lowest BCUT2D eigenvalue weighted by Crippen LogP contribution is -2.53. The number of nitrogens with zero attached hydrogens (tertiary/aromatic N) is 1. The Balaban J connectivity index is 2.74. The summed E-state index contributed by atoms with van der Waals surface area (Å²) in [7, 11) is 0. The van der Waals surface area contributed by atoms with Crippen molar-refractivity contribution in [1.82, 2.24) is 15.5 Å². The van der Waals surface area contributed by atoms with Crippen LogP contribution in [0.15, 0.2) is 0 Å². The Bertz CT molecular complexity index is 516. The fraction of sp³-hybridized carbons (Fsp3) is 0.786. The normalized spacial score (nSPS) is 23.6. The second-order valence-electron chi connectivity index (χ2n) is 6.92. The van der Waals surface area contributed by atoms with Crippen molar-refractivity contribution in [3.63, 3.8) is 0 Å². The first kappa shape index (κ1) is 20.2. The zero-order chi connectivity index (χ0) is 18.9. The summed E-state index contributed by atoms with van der Waals surface area (Å²) in [6, 6.07) is -1.83. The number of carboxylic acids is 1. The summed E-state index contributed by atoms with van der Waals surface area (Å²) in [6.07, 6.45) is -4.67. The smallest absolute Gasteiger partial charge is 0.393 e. The third kappa shape index (κ3) is 5.36. The number of halogens is 3. The van der Waals surface area contributed by atoms with Crippen molar-refractivity contribution in [3.05, 3.63) is 0 Å². The third-order valence-corrected chi connectivity index (χ3v) is 3.74. The van der Waals surface area contributed by atoms with E-state index in [4.69, 9.17) is 5.11 Å². The third-order valence-electron chi connectivity index (χ3n) is 3.74. The molecule has 1 rings (SSSR count). The summed E-state index contributed by atoms with van der Waals surface area (Å²) in [5.74, 6) is -6.03. The summed E-state index contributed by atoms with van der Waals surface area (Å²) in [5.41, 5.74) is -0.586. The number of alkyl halides is 3. The van der Waals surface area contributed by atoms with Crippen molar-refractivity contribution < 1.29 is 32.7 Å². The van der Waals surface area contributed by atoms with Crippen LogP contribution in [0.2, 0.25) is 0 Å². The van der Waals surface area contributed by atoms with Crippen LogP contribution in [-0.2, 0) is 9.59 Å². The molecule has 1 aliphatic heterocycles. The van der Waals surface area contributed by atoms with Gasteiger partial charge in [-0.3, -0.25) is 19.8 Å². The van der Waals surface area contributed by atoms with Gasteiger partial charge in [-0.2, -0.15) is 13.2 Å². The number of hydrogen-bond donors (Lipinski definition) is 3. The minimum atomic E-state index is -4.67. The van der Waals surface area contributed by atoms with Crippen LogP contribution in [-0.4, -0.2) is 58.8 Å². The van der Waals surface area contributed by atoms with Crippen molar-refractivity contribution in [3.8, 4) is 0 Å². The van der Waals surface area contributed by atoms with Crippen LogP contribution in [0.1, 0.15) is 27.7 Å². The maximum atomic E-state index is 13.0. The number of rotatable bonds is 3. The molecule has 24 heavy (non-hydrogen) atoms. The van der Waals surface area contributed by atoms with E-state index in [-0.39, 0.29) is 0 Å². The van der Waals surface area contributed by atoms with Gasteiger partial charge in [-0.15, -0.1) is 0 Å². The molecule has 0 aromatic carbocycles. The van der Waals surface area contributed by atoms with Crippen molar-refractivity contribution in [1.29, 1.82) is 0 Å². The molecular weight excluding hydrogens is 331 g/mol. The van der Waals surface area contributed by atoms with E-state index in [1.807, 2.05) is 0 Å². The van der Waals surface area contributed by atoms with Gasteiger partial charge in [0.2, 0.25) is 5.91 Å². The number of hydrogen-bond acceptors (Lipinski definition) is 4. The number of amides is 3. The molecule has 1 heterocycles. The number of imide groups is 1. The van der Waals surface area contributed by atoms with Gasteiger partial charge < -0.3 is 10.4 Å². The molecule has 1 aliphatic rings. The van der Waals surface area contributed by atoms with Crippen molar-refractivity contribution in [2.24, 2.45) is 11.8 Å². The molecule has 0 bridgehead atoms. The number of carbonyl (C=O) groups is 3. The average molecular weight is 353 g/mol. The summed E-state index contributed by atoms with van der Waals surface area (Å²) >= 11 is 0. The number of nitrogens with one attached hydrogen (secondary N) is 2. The van der Waals surface area contributed by atoms with Crippen molar-refractivity contribution >= 4 is 17.9 Å². The number of aliphatic carboxylic acids is 1. The molecule has 0 aliphatic carbocycles. The monoisotopic (exact) mass is 353 g/mol. The highest BCUT2D eigenvalue weighted by Gasteiger charge is 2.53. The first-order valence-corrected chi connectivity index (χ1v) is 7.39. The lowest BCUT2D eigenvalue weighted by Gasteiger charge is -2.25. The lowest BCUT2D eigenvalue weighted by molar-refractivity contribution is -0.188. The fourth-order valence-electron chi connectivity index (χ4n) is 2.49. The molecule has 0 radical (unpaired) electrons. The van der Waals surface area contributed by atoms with E-state index in [0.29, 0.717) is 0 Å². The van der Waals surface area contributed by atoms with Crippen molar-refractivity contribution in [2.45, 2.75) is 45.5 Å². The van der Waals surface area contributed by atoms with Crippen LogP contribution in [0.5, 0.6) is 0 Å². The molecule has 0 aromatic heterocycles. The van der Waals surface area contributed by atoms with E-state index in [9.17, 15) is 27.6 Å². The highest BCUT2D eigenvalue weighted by molar-refractivity contribution is 5.97. The van der Waals surface area contributed by atoms with Crippen molar-refractivity contribution in [2.75, 3.05) is 13.1 Å². The summed E-state index contributed by atoms with van der Waals surface area (Å²) in [5, 5.41) is 13.5. The first-order valence-electron chi connectivity index (χ1n) is 7.39. The van der Waals surface area contributed by atoms with Crippen LogP contribution in [0.4, 0.5) is 18.0 Å². The Labute approximate surface area is 137 Å². The fourth-order valence-corrected chi connectivity index (χ4v) is 2.49. The Kier molecular flexibility index (Phi) is 5.86. The van der Waals surface area contributed by atoms with E-state index >= 15 is 0 Å². The standard InChI is InChI=1S/C14H22F3N3O4/c1-7(10(21)18-12(24)19-13(2,3)4)20-5-8(11(22)23)9(6-20)14(15,16)17/h7-9H,5-6H2,1-4H3,(H,22,23)(H2,18,19,21,24)/t7?,8-,9-/m1/s1. The molecule has 1 unspecified atom stereocenters. The highest BCUT2D eigenvalue weighted by Crippen LogP contribution is 2.38. The zero-order valence-electron chi connectivity index (χ0n) is 13.9. The van der Waals surface area contributed by atoms with Crippen LogP contribution in [0.25, 0.3) is 0 Å². The predicted molar refractivity (Wildman–Crippen MR) is 78.1 cm³/mol. The van der Waals surface area contributed by atoms with E-state index in [2.05, 4.69) is 10.6 Å². The molecule has 0 saturated carbocycles. The maximum Gasteiger partial charge on any atom is 0.393 e. The van der Waals surface area contributed by atoms with E-state index in [1.165, 1.54) is 6.92 Å². The Hall–Kier alpha value is -1.84. The van der Waals surface area contributed by atoms with Gasteiger partial charge in [0.15, 0.2) is 0 Å². The number of likely N-dealkylation sites (tertiary alicyclic amines) is 1. The molecule has 0 spiro atoms. The molecule has 3 N–H and O–H groups in total. The largest absolute Gasteiger partial charge is 0.481 e. The predicted octanol–water partition coefficient (Wildman–Crippen LogP) is 1.19. The van der Waals surface area contributed by atoms with Crippen LogP contribution < -0.4 is 10.6 Å². The van der Waals surface area contributed by atoms with Crippen LogP contribution >= 0.6 is 0 Å². The molecule has 10 heteroatoms. The second kappa shape index (κ2) is 6.96. The Morgan fingerprint density at radius 3 is 2.08 bits per heavy atom. The van der Waals surface area contributed by atoms with Crippen LogP contribution in [0.3, 0.4) is 0 Å². The molecule has 3 amide bonds. The minimum absolute atomic E-state index is 0.408. The van der Waals surface area contributed by atoms with Gasteiger partial charge in [0.05, 0.1) is 17.9 Å². The first-order chi connectivity index (χ1) is 10.7. The van der Waals surface area contributed by atoms with E-state index in [1.54, 1.807) is 20.8 Å². The quantitative estimate of drug-likeness (QED) is 0.708. The number of carboxylic acid groups (broad SMARTS) is 1. The van der Waals surface area contributed by atoms with E-state index < -0.39 is 60.6 Å². The van der Waals surface area contributed by atoms with Crippen LogP contribution in [0, 0.1) is 11.8 Å². The Morgan fingerprint density at radius 2 is 1.71 bits per heavy atom. The second-order valence-corrected chi connectivity index (χ2v) is 6.92. The zero-order valence-corrected chi connectivity index (χ0v) is 13.9. The molecule has 7 nitrogen and oxygen atoms in total. The molecule has 0 aromatic rings. The topological polar surface area (TPSA) is 98.7 Å².